The van der Waals surface area contributed by atoms with Crippen molar-refractivity contribution in [3.63, 3.8) is 0 Å². The van der Waals surface area contributed by atoms with Gasteiger partial charge in [0.05, 0.1) is 60.8 Å². The summed E-state index contributed by atoms with van der Waals surface area (Å²) in [5, 5.41) is 25.2. The van der Waals surface area contributed by atoms with E-state index in [1.54, 1.807) is 9.36 Å². The molecule has 3 heterocycles. The minimum atomic E-state index is -4.35. The van der Waals surface area contributed by atoms with Crippen LogP contribution >= 0.6 is 42.3 Å². The number of urea groups is 1. The van der Waals surface area contributed by atoms with Crippen molar-refractivity contribution in [2.24, 2.45) is 10.1 Å². The Bertz CT molecular complexity index is 2430. The lowest BCUT2D eigenvalue weighted by atomic mass is 10.1. The molecule has 19 nitrogen and oxygen atoms in total. The van der Waals surface area contributed by atoms with Gasteiger partial charge in [0, 0.05) is 35.9 Å². The number of hydrogen-bond acceptors (Lipinski definition) is 14. The van der Waals surface area contributed by atoms with Crippen LogP contribution in [0.3, 0.4) is 0 Å². The fourth-order valence-corrected chi connectivity index (χ4v) is 6.96. The summed E-state index contributed by atoms with van der Waals surface area (Å²) >= 11 is 8.17. The first-order valence-electron chi connectivity index (χ1n) is 17.8. The molecule has 0 radical (unpaired) electrons. The number of rotatable bonds is 12. The third-order valence-corrected chi connectivity index (χ3v) is 10.0. The van der Waals surface area contributed by atoms with Gasteiger partial charge >= 0.3 is 28.8 Å². The molecule has 0 spiro atoms. The van der Waals surface area contributed by atoms with Gasteiger partial charge in [0.2, 0.25) is 4.80 Å². The van der Waals surface area contributed by atoms with Crippen molar-refractivity contribution >= 4 is 94.2 Å². The lowest BCUT2D eigenvalue weighted by Gasteiger charge is -2.15. The Morgan fingerprint density at radius 1 is 1.06 bits per heavy atom. The predicted octanol–water partition coefficient (Wildman–Crippen LogP) is 4.06. The summed E-state index contributed by atoms with van der Waals surface area (Å²) in [6.45, 7) is 2.30. The predicted molar refractivity (Wildman–Crippen MR) is 233 cm³/mol. The molecule has 0 aliphatic carbocycles. The fourth-order valence-electron chi connectivity index (χ4n) is 4.57. The van der Waals surface area contributed by atoms with Gasteiger partial charge in [-0.25, -0.2) is 37.9 Å². The van der Waals surface area contributed by atoms with E-state index in [4.69, 9.17) is 26.7 Å². The summed E-state index contributed by atoms with van der Waals surface area (Å²) in [6, 6.07) is 7.12. The van der Waals surface area contributed by atoms with E-state index in [1.165, 1.54) is 38.4 Å². The minimum Gasteiger partial charge on any atom is -0.778 e. The number of benzene rings is 2. The average molecular weight is 983 g/mol. The number of thioether (sulfide) groups is 1. The molecular formula is C36H43ClF3N8O11PS3. The summed E-state index contributed by atoms with van der Waals surface area (Å²) in [6.07, 6.45) is 9.15. The molecule has 344 valence electrons. The van der Waals surface area contributed by atoms with Crippen LogP contribution < -0.4 is 30.6 Å². The summed E-state index contributed by atoms with van der Waals surface area (Å²) in [5.41, 5.74) is 2.24. The van der Waals surface area contributed by atoms with Crippen LogP contribution in [0.15, 0.2) is 68.4 Å². The summed E-state index contributed by atoms with van der Waals surface area (Å²) in [5.74, 6) is -4.97. The van der Waals surface area contributed by atoms with E-state index in [-0.39, 0.29) is 44.0 Å². The van der Waals surface area contributed by atoms with Crippen LogP contribution in [0.5, 0.6) is 0 Å². The third kappa shape index (κ3) is 20.4. The summed E-state index contributed by atoms with van der Waals surface area (Å²) in [7, 11) is -2.41. The number of aliphatic carboxylic acids is 1. The second-order valence-corrected chi connectivity index (χ2v) is 19.2. The van der Waals surface area contributed by atoms with Crippen molar-refractivity contribution in [3.8, 4) is 0 Å². The fraction of sp³-hybridized carbons (Fsp3) is 0.333. The SMILES string of the molecule is C/C(=N\NC(=O)Nc1cc(F)cc(F)c1)c1ncccc1C(=O)O.COC(=O)CSc1cc(N=c2sc(=O)n3n2CCCC3)c(F)cc1Cl.C[S+](C)C.O=C(O)CNCP(=O)([O-])O. The zero-order valence-electron chi connectivity index (χ0n) is 34.1. The number of hydrogen-bond donors (Lipinski definition) is 6. The first-order valence-corrected chi connectivity index (χ1v) is 24.1. The molecule has 2 amide bonds. The number of carboxylic acid groups (broad SMARTS) is 2. The molecule has 0 saturated carbocycles. The van der Waals surface area contributed by atoms with E-state index in [9.17, 15) is 46.6 Å². The maximum atomic E-state index is 14.3. The molecule has 2 aromatic carbocycles. The number of aromatic nitrogens is 3. The van der Waals surface area contributed by atoms with Crippen LogP contribution in [0.4, 0.5) is 29.3 Å². The number of carbonyl (C=O) groups is 4. The number of methoxy groups -OCH3 is 1. The van der Waals surface area contributed by atoms with Crippen LogP contribution in [0.1, 0.15) is 35.8 Å². The number of ether oxygens (including phenoxy) is 1. The molecule has 2 aromatic heterocycles. The molecule has 5 rings (SSSR count). The van der Waals surface area contributed by atoms with Gasteiger partial charge in [-0.1, -0.05) is 11.6 Å². The van der Waals surface area contributed by atoms with Crippen LogP contribution in [-0.4, -0.2) is 104 Å². The first kappa shape index (κ1) is 54.1. The van der Waals surface area contributed by atoms with Crippen LogP contribution in [0.2, 0.25) is 5.02 Å². The van der Waals surface area contributed by atoms with Crippen molar-refractivity contribution < 1.29 is 61.7 Å². The Morgan fingerprint density at radius 3 is 2.25 bits per heavy atom. The van der Waals surface area contributed by atoms with E-state index >= 15 is 0 Å². The molecule has 1 aliphatic heterocycles. The molecule has 0 saturated heterocycles. The molecule has 1 aliphatic rings. The topological polar surface area (TPSA) is 279 Å². The Morgan fingerprint density at radius 2 is 1.68 bits per heavy atom. The Hall–Kier alpha value is -5.01. The number of nitrogens with one attached hydrogen (secondary N) is 3. The molecule has 1 unspecified atom stereocenters. The van der Waals surface area contributed by atoms with Crippen molar-refractivity contribution in [2.75, 3.05) is 49.8 Å². The van der Waals surface area contributed by atoms with Crippen molar-refractivity contribution in [1.82, 2.24) is 25.1 Å². The number of aromatic carboxylic acids is 1. The first-order chi connectivity index (χ1) is 29.5. The maximum Gasteiger partial charge on any atom is 0.339 e. The number of amides is 2. The van der Waals surface area contributed by atoms with E-state index < -0.39 is 61.8 Å². The zero-order chi connectivity index (χ0) is 47.4. The molecule has 0 fully saturated rings. The summed E-state index contributed by atoms with van der Waals surface area (Å²) < 4.78 is 58.3. The van der Waals surface area contributed by atoms with Gasteiger partial charge in [0.1, 0.15) is 36.4 Å². The molecule has 4 aromatic rings. The monoisotopic (exact) mass is 982 g/mol. The molecular weight excluding hydrogens is 940 g/mol. The van der Waals surface area contributed by atoms with Crippen molar-refractivity contribution in [2.45, 2.75) is 37.8 Å². The van der Waals surface area contributed by atoms with Gasteiger partial charge in [0.15, 0.2) is 0 Å². The largest absolute Gasteiger partial charge is 0.778 e. The third-order valence-electron chi connectivity index (χ3n) is 7.10. The number of halogens is 4. The molecule has 1 atom stereocenters. The number of carbonyl (C=O) groups excluding carboxylic acids is 2. The highest BCUT2D eigenvalue weighted by Gasteiger charge is 2.16. The number of anilines is 1. The van der Waals surface area contributed by atoms with Crippen molar-refractivity contribution in [3.05, 3.63) is 96.9 Å². The number of carboxylic acids is 2. The van der Waals surface area contributed by atoms with E-state index in [2.05, 4.69) is 49.3 Å². The van der Waals surface area contributed by atoms with E-state index in [0.29, 0.717) is 39.7 Å². The standard InChI is InChI=1S/C15H15ClFN3O3S2.C15H12F2N4O3.C3H8NO5P.C3H9S/c1-23-13(21)8-24-12-7-11(10(17)6-9(12)16)18-14-19-4-2-3-5-20(19)15(22)25-14;1-8(13-12(14(22)23)3-2-4-18-13)20-21-15(24)19-11-6-9(16)5-10(17)7-11;5-3(6)1-4-2-10(7,8)9;1-4(2)3/h6-7H,2-5,8H2,1H3;2-7H,1H3,(H,22,23)(H2,19,21,24);4H,1-2H2,(H,5,6)(H2,7,8,9);1-3H3/q;;;+1/p-1/b;20-8+;;. The van der Waals surface area contributed by atoms with Gasteiger partial charge < -0.3 is 34.6 Å². The highest BCUT2D eigenvalue weighted by molar-refractivity contribution is 8.00. The summed E-state index contributed by atoms with van der Waals surface area (Å²) in [4.78, 5) is 82.9. The average Bonchev–Trinajstić information content (AvgIpc) is 3.50. The van der Waals surface area contributed by atoms with E-state index in [0.717, 1.165) is 54.1 Å². The molecule has 6 N–H and O–H groups in total. The Balaban J connectivity index is 0.000000335. The number of esters is 1. The number of nitrogens with zero attached hydrogens (tertiary/aromatic N) is 5. The van der Waals surface area contributed by atoms with Crippen molar-refractivity contribution in [1.29, 1.82) is 0 Å². The van der Waals surface area contributed by atoms with Crippen LogP contribution in [-0.2, 0) is 42.9 Å². The molecule has 0 bridgehead atoms. The zero-order valence-corrected chi connectivity index (χ0v) is 38.2. The lowest BCUT2D eigenvalue weighted by molar-refractivity contribution is -0.193. The van der Waals surface area contributed by atoms with Crippen LogP contribution in [0.25, 0.3) is 0 Å². The number of pyridine rings is 1. The van der Waals surface area contributed by atoms with Gasteiger partial charge in [-0.2, -0.15) is 5.10 Å². The smallest absolute Gasteiger partial charge is 0.339 e. The highest BCUT2D eigenvalue weighted by atomic mass is 35.5. The minimum absolute atomic E-state index is 0.0605. The molecule has 27 heteroatoms. The Labute approximate surface area is 373 Å². The van der Waals surface area contributed by atoms with Gasteiger partial charge in [-0.05, 0) is 78.4 Å². The second kappa shape index (κ2) is 26.6. The maximum absolute atomic E-state index is 14.3. The normalized spacial score (nSPS) is 13.1. The Kier molecular flexibility index (Phi) is 22.8. The van der Waals surface area contributed by atoms with Gasteiger partial charge in [0.25, 0.3) is 0 Å². The number of hydrazone groups is 1. The van der Waals surface area contributed by atoms with Gasteiger partial charge in [-0.15, -0.1) is 11.8 Å². The lowest BCUT2D eigenvalue weighted by Crippen LogP contribution is -2.31. The quantitative estimate of drug-likeness (QED) is 0.0292. The van der Waals surface area contributed by atoms with Crippen LogP contribution in [0, 0.1) is 17.5 Å². The number of fused-ring (bicyclic) bond motifs is 1. The highest BCUT2D eigenvalue weighted by Crippen LogP contribution is 2.33. The van der Waals surface area contributed by atoms with Gasteiger partial charge in [-0.3, -0.25) is 29.4 Å². The molecule has 63 heavy (non-hydrogen) atoms. The second-order valence-electron chi connectivity index (χ2n) is 12.8. The van der Waals surface area contributed by atoms with E-state index in [1.807, 2.05) is 5.32 Å².